The summed E-state index contributed by atoms with van der Waals surface area (Å²) in [6.45, 7) is 3.52. The zero-order chi connectivity index (χ0) is 17.7. The van der Waals surface area contributed by atoms with Crippen molar-refractivity contribution in [3.05, 3.63) is 54.1 Å². The molecule has 1 atom stereocenters. The van der Waals surface area contributed by atoms with Crippen LogP contribution in [0.5, 0.6) is 0 Å². The summed E-state index contributed by atoms with van der Waals surface area (Å²) in [4.78, 5) is 13.5. The van der Waals surface area contributed by atoms with Crippen LogP contribution < -0.4 is 10.0 Å². The Morgan fingerprint density at radius 2 is 1.79 bits per heavy atom. The van der Waals surface area contributed by atoms with Crippen LogP contribution in [0.2, 0.25) is 0 Å². The standard InChI is InChI=1S/C17H20N2O3S2/c1-12-9-10-14(11-16(12)24(21,22)18-3)19-17(20)13(2)23-15-7-5-4-6-8-15/h4-11,13,18H,1-3H3,(H,19,20)/t13-/m0/s1. The Morgan fingerprint density at radius 1 is 1.12 bits per heavy atom. The molecular formula is C17H20N2O3S2. The maximum Gasteiger partial charge on any atom is 0.240 e. The lowest BCUT2D eigenvalue weighted by atomic mass is 10.2. The summed E-state index contributed by atoms with van der Waals surface area (Å²) in [7, 11) is -2.20. The molecule has 0 fully saturated rings. The van der Waals surface area contributed by atoms with E-state index in [0.717, 1.165) is 4.90 Å². The number of thioether (sulfide) groups is 1. The minimum Gasteiger partial charge on any atom is -0.325 e. The van der Waals surface area contributed by atoms with E-state index in [9.17, 15) is 13.2 Å². The molecule has 0 bridgehead atoms. The fraction of sp³-hybridized carbons (Fsp3) is 0.235. The molecule has 5 nitrogen and oxygen atoms in total. The summed E-state index contributed by atoms with van der Waals surface area (Å²) in [6, 6.07) is 14.5. The zero-order valence-electron chi connectivity index (χ0n) is 13.7. The molecule has 0 aliphatic heterocycles. The van der Waals surface area contributed by atoms with Crippen LogP contribution in [0.3, 0.4) is 0 Å². The fourth-order valence-electron chi connectivity index (χ4n) is 2.08. The average Bonchev–Trinajstić information content (AvgIpc) is 2.57. The number of benzene rings is 2. The molecule has 2 rings (SSSR count). The van der Waals surface area contributed by atoms with Crippen LogP contribution in [0.15, 0.2) is 58.3 Å². The number of anilines is 1. The summed E-state index contributed by atoms with van der Waals surface area (Å²) in [6.07, 6.45) is 0. The highest BCUT2D eigenvalue weighted by molar-refractivity contribution is 8.00. The molecule has 0 radical (unpaired) electrons. The van der Waals surface area contributed by atoms with E-state index < -0.39 is 10.0 Å². The van der Waals surface area contributed by atoms with Gasteiger partial charge in [-0.25, -0.2) is 13.1 Å². The third-order valence-corrected chi connectivity index (χ3v) is 6.11. The van der Waals surface area contributed by atoms with Crippen molar-refractivity contribution in [2.45, 2.75) is 28.9 Å². The smallest absolute Gasteiger partial charge is 0.240 e. The van der Waals surface area contributed by atoms with Crippen LogP contribution in [0.1, 0.15) is 12.5 Å². The minimum atomic E-state index is -3.56. The van der Waals surface area contributed by atoms with Gasteiger partial charge in [0.25, 0.3) is 0 Å². The Hall–Kier alpha value is -1.83. The van der Waals surface area contributed by atoms with Crippen molar-refractivity contribution in [3.63, 3.8) is 0 Å². The zero-order valence-corrected chi connectivity index (χ0v) is 15.4. The molecule has 0 aliphatic carbocycles. The van der Waals surface area contributed by atoms with Gasteiger partial charge >= 0.3 is 0 Å². The van der Waals surface area contributed by atoms with E-state index in [1.165, 1.54) is 24.9 Å². The molecule has 1 amide bonds. The van der Waals surface area contributed by atoms with Crippen molar-refractivity contribution in [1.82, 2.24) is 4.72 Å². The topological polar surface area (TPSA) is 75.3 Å². The summed E-state index contributed by atoms with van der Waals surface area (Å²) in [5, 5.41) is 2.47. The number of carbonyl (C=O) groups excluding carboxylic acids is 1. The Kier molecular flexibility index (Phi) is 6.04. The van der Waals surface area contributed by atoms with Gasteiger partial charge in [-0.05, 0) is 50.7 Å². The van der Waals surface area contributed by atoms with Crippen molar-refractivity contribution in [2.75, 3.05) is 12.4 Å². The van der Waals surface area contributed by atoms with Crippen LogP contribution >= 0.6 is 11.8 Å². The van der Waals surface area contributed by atoms with Crippen LogP contribution in [-0.2, 0) is 14.8 Å². The van der Waals surface area contributed by atoms with Gasteiger partial charge in [0.1, 0.15) is 0 Å². The first-order valence-electron chi connectivity index (χ1n) is 7.40. The maximum absolute atomic E-state index is 12.3. The first kappa shape index (κ1) is 18.5. The number of aryl methyl sites for hydroxylation is 1. The van der Waals surface area contributed by atoms with Crippen molar-refractivity contribution in [1.29, 1.82) is 0 Å². The second-order valence-electron chi connectivity index (χ2n) is 5.25. The SMILES string of the molecule is CNS(=O)(=O)c1cc(NC(=O)[C@H](C)Sc2ccccc2)ccc1C. The third-order valence-electron chi connectivity index (χ3n) is 3.44. The second-order valence-corrected chi connectivity index (χ2v) is 8.52. The van der Waals surface area contributed by atoms with Crippen LogP contribution in [0, 0.1) is 6.92 Å². The fourth-order valence-corrected chi connectivity index (χ4v) is 3.96. The number of carbonyl (C=O) groups is 1. The molecule has 128 valence electrons. The molecule has 2 N–H and O–H groups in total. The molecule has 24 heavy (non-hydrogen) atoms. The van der Waals surface area contributed by atoms with Crippen molar-refractivity contribution < 1.29 is 13.2 Å². The average molecular weight is 364 g/mol. The lowest BCUT2D eigenvalue weighted by Gasteiger charge is -2.14. The van der Waals surface area contributed by atoms with Gasteiger partial charge in [0.2, 0.25) is 15.9 Å². The third kappa shape index (κ3) is 4.59. The predicted octanol–water partition coefficient (Wildman–Crippen LogP) is 3.02. The van der Waals surface area contributed by atoms with Gasteiger partial charge in [-0.2, -0.15) is 0 Å². The Bertz CT molecular complexity index is 821. The van der Waals surface area contributed by atoms with E-state index >= 15 is 0 Å². The highest BCUT2D eigenvalue weighted by atomic mass is 32.2. The largest absolute Gasteiger partial charge is 0.325 e. The summed E-state index contributed by atoms with van der Waals surface area (Å²) < 4.78 is 26.3. The Morgan fingerprint density at radius 3 is 2.42 bits per heavy atom. The molecule has 0 aromatic heterocycles. The molecule has 2 aromatic rings. The van der Waals surface area contributed by atoms with E-state index in [1.807, 2.05) is 37.3 Å². The van der Waals surface area contributed by atoms with E-state index in [2.05, 4.69) is 10.0 Å². The predicted molar refractivity (Wildman–Crippen MR) is 97.8 cm³/mol. The van der Waals surface area contributed by atoms with E-state index in [4.69, 9.17) is 0 Å². The Labute approximate surface area is 146 Å². The number of hydrogen-bond donors (Lipinski definition) is 2. The molecular weight excluding hydrogens is 344 g/mol. The molecule has 0 saturated heterocycles. The molecule has 0 aliphatic rings. The van der Waals surface area contributed by atoms with E-state index in [-0.39, 0.29) is 16.1 Å². The number of nitrogens with one attached hydrogen (secondary N) is 2. The summed E-state index contributed by atoms with van der Waals surface area (Å²) >= 11 is 1.45. The molecule has 2 aromatic carbocycles. The summed E-state index contributed by atoms with van der Waals surface area (Å²) in [5.74, 6) is -0.180. The van der Waals surface area contributed by atoms with Crippen molar-refractivity contribution in [2.24, 2.45) is 0 Å². The molecule has 0 saturated carbocycles. The first-order chi connectivity index (χ1) is 11.3. The Balaban J connectivity index is 2.13. The first-order valence-corrected chi connectivity index (χ1v) is 9.76. The maximum atomic E-state index is 12.3. The van der Waals surface area contributed by atoms with Gasteiger partial charge in [0.15, 0.2) is 0 Å². The highest BCUT2D eigenvalue weighted by Gasteiger charge is 2.18. The van der Waals surface area contributed by atoms with Crippen LogP contribution in [0.4, 0.5) is 5.69 Å². The van der Waals surface area contributed by atoms with Gasteiger partial charge < -0.3 is 5.32 Å². The normalized spacial score (nSPS) is 12.6. The molecule has 7 heteroatoms. The number of amides is 1. The quantitative estimate of drug-likeness (QED) is 0.773. The molecule has 0 spiro atoms. The second kappa shape index (κ2) is 7.83. The number of hydrogen-bond acceptors (Lipinski definition) is 4. The monoisotopic (exact) mass is 364 g/mol. The lowest BCUT2D eigenvalue weighted by molar-refractivity contribution is -0.115. The number of rotatable bonds is 6. The van der Waals surface area contributed by atoms with Gasteiger partial charge in [-0.1, -0.05) is 24.3 Å². The van der Waals surface area contributed by atoms with Crippen molar-refractivity contribution in [3.8, 4) is 0 Å². The molecule has 0 heterocycles. The van der Waals surface area contributed by atoms with Gasteiger partial charge in [-0.3, -0.25) is 4.79 Å². The van der Waals surface area contributed by atoms with Crippen LogP contribution in [-0.4, -0.2) is 26.6 Å². The van der Waals surface area contributed by atoms with Crippen molar-refractivity contribution >= 4 is 33.4 Å². The van der Waals surface area contributed by atoms with E-state index in [0.29, 0.717) is 11.3 Å². The van der Waals surface area contributed by atoms with Gasteiger partial charge in [0, 0.05) is 10.6 Å². The van der Waals surface area contributed by atoms with E-state index in [1.54, 1.807) is 19.1 Å². The van der Waals surface area contributed by atoms with Gasteiger partial charge in [0.05, 0.1) is 10.1 Å². The molecule has 0 unspecified atom stereocenters. The highest BCUT2D eigenvalue weighted by Crippen LogP contribution is 2.25. The minimum absolute atomic E-state index is 0.158. The summed E-state index contributed by atoms with van der Waals surface area (Å²) in [5.41, 5.74) is 1.08. The van der Waals surface area contributed by atoms with Gasteiger partial charge in [-0.15, -0.1) is 11.8 Å². The number of sulfonamides is 1. The van der Waals surface area contributed by atoms with Crippen LogP contribution in [0.25, 0.3) is 0 Å². The lowest BCUT2D eigenvalue weighted by Crippen LogP contribution is -2.23.